The lowest BCUT2D eigenvalue weighted by Crippen LogP contribution is -2.27. The summed E-state index contributed by atoms with van der Waals surface area (Å²) in [5, 5.41) is 9.18. The molecule has 0 spiro atoms. The zero-order valence-electron chi connectivity index (χ0n) is 12.9. The van der Waals surface area contributed by atoms with Gasteiger partial charge in [-0.25, -0.2) is 0 Å². The molecular formula is C18H18N2O2. The van der Waals surface area contributed by atoms with E-state index in [0.717, 1.165) is 10.9 Å². The van der Waals surface area contributed by atoms with Crippen molar-refractivity contribution in [2.45, 2.75) is 26.8 Å². The van der Waals surface area contributed by atoms with Gasteiger partial charge in [0.1, 0.15) is 11.3 Å². The molecule has 0 unspecified atom stereocenters. The third-order valence-electron chi connectivity index (χ3n) is 3.90. The highest BCUT2D eigenvalue weighted by atomic mass is 16.5. The molecule has 0 aliphatic rings. The molecular weight excluding hydrogens is 276 g/mol. The highest BCUT2D eigenvalue weighted by molar-refractivity contribution is 5.96. The Morgan fingerprint density at radius 2 is 1.86 bits per heavy atom. The Hall–Kier alpha value is -2.62. The molecule has 112 valence electrons. The van der Waals surface area contributed by atoms with Gasteiger partial charge in [0, 0.05) is 0 Å². The summed E-state index contributed by atoms with van der Waals surface area (Å²) >= 11 is 0. The van der Waals surface area contributed by atoms with Crippen LogP contribution in [0.15, 0.2) is 47.0 Å². The number of benzene rings is 2. The molecule has 0 aliphatic carbocycles. The van der Waals surface area contributed by atoms with Gasteiger partial charge in [-0.3, -0.25) is 4.79 Å². The van der Waals surface area contributed by atoms with Gasteiger partial charge in [0.25, 0.3) is 5.91 Å². The van der Waals surface area contributed by atoms with Crippen LogP contribution in [0, 0.1) is 13.8 Å². The molecule has 1 aromatic heterocycles. The number of rotatable bonds is 3. The van der Waals surface area contributed by atoms with Gasteiger partial charge in [-0.2, -0.15) is 0 Å². The molecule has 1 atom stereocenters. The maximum atomic E-state index is 12.5. The number of amides is 1. The summed E-state index contributed by atoms with van der Waals surface area (Å²) in [6.07, 6.45) is 0. The number of fused-ring (bicyclic) bond motifs is 1. The predicted molar refractivity (Wildman–Crippen MR) is 85.8 cm³/mol. The van der Waals surface area contributed by atoms with Gasteiger partial charge in [0.15, 0.2) is 0 Å². The van der Waals surface area contributed by atoms with Crippen LogP contribution < -0.4 is 5.32 Å². The Morgan fingerprint density at radius 1 is 1.14 bits per heavy atom. The van der Waals surface area contributed by atoms with E-state index in [4.69, 9.17) is 4.52 Å². The lowest BCUT2D eigenvalue weighted by molar-refractivity contribution is 0.0938. The molecule has 0 bridgehead atoms. The minimum atomic E-state index is -0.156. The first-order chi connectivity index (χ1) is 10.6. The summed E-state index contributed by atoms with van der Waals surface area (Å²) in [5.41, 5.74) is 2.23. The number of aromatic nitrogens is 1. The number of aryl methyl sites for hydroxylation is 2. The maximum absolute atomic E-state index is 12.5. The second kappa shape index (κ2) is 5.64. The first kappa shape index (κ1) is 14.3. The van der Waals surface area contributed by atoms with Crippen LogP contribution in [0.25, 0.3) is 10.8 Å². The standard InChI is InChI=1S/C18H18N2O2/c1-11(19-18(21)17-12(2)20-22-13(17)3)15-10-6-8-14-7-4-5-9-16(14)15/h4-11H,1-3H3,(H,19,21)/t11-/m0/s1. The van der Waals surface area contributed by atoms with Crippen molar-refractivity contribution in [1.29, 1.82) is 0 Å². The zero-order chi connectivity index (χ0) is 15.7. The third kappa shape index (κ3) is 2.48. The molecule has 3 aromatic rings. The van der Waals surface area contributed by atoms with Gasteiger partial charge >= 0.3 is 0 Å². The van der Waals surface area contributed by atoms with Gasteiger partial charge < -0.3 is 9.84 Å². The molecule has 3 rings (SSSR count). The number of nitrogens with one attached hydrogen (secondary N) is 1. The van der Waals surface area contributed by atoms with Crippen LogP contribution in [0.5, 0.6) is 0 Å². The van der Waals surface area contributed by atoms with E-state index in [2.05, 4.69) is 28.7 Å². The lowest BCUT2D eigenvalue weighted by Gasteiger charge is -2.16. The van der Waals surface area contributed by atoms with Crippen molar-refractivity contribution >= 4 is 16.7 Å². The highest BCUT2D eigenvalue weighted by Crippen LogP contribution is 2.24. The Bertz CT molecular complexity index is 811. The molecule has 0 saturated heterocycles. The van der Waals surface area contributed by atoms with Crippen LogP contribution in [0.4, 0.5) is 0 Å². The van der Waals surface area contributed by atoms with Gasteiger partial charge in [-0.05, 0) is 37.1 Å². The Morgan fingerprint density at radius 3 is 2.59 bits per heavy atom. The van der Waals surface area contributed by atoms with Crippen molar-refractivity contribution in [2.24, 2.45) is 0 Å². The largest absolute Gasteiger partial charge is 0.361 e. The fourth-order valence-electron chi connectivity index (χ4n) is 2.78. The molecule has 0 radical (unpaired) electrons. The van der Waals surface area contributed by atoms with Gasteiger partial charge in [-0.1, -0.05) is 47.6 Å². The number of hydrogen-bond donors (Lipinski definition) is 1. The van der Waals surface area contributed by atoms with Crippen LogP contribution in [0.1, 0.15) is 40.3 Å². The van der Waals surface area contributed by atoms with Crippen LogP contribution in [0.2, 0.25) is 0 Å². The van der Waals surface area contributed by atoms with E-state index in [1.807, 2.05) is 31.2 Å². The number of hydrogen-bond acceptors (Lipinski definition) is 3. The topological polar surface area (TPSA) is 55.1 Å². The van der Waals surface area contributed by atoms with Crippen molar-refractivity contribution in [3.8, 4) is 0 Å². The number of carbonyl (C=O) groups excluding carboxylic acids is 1. The molecule has 0 aliphatic heterocycles. The molecule has 1 N–H and O–H groups in total. The van der Waals surface area contributed by atoms with Crippen molar-refractivity contribution in [1.82, 2.24) is 10.5 Å². The van der Waals surface area contributed by atoms with Gasteiger partial charge in [0.05, 0.1) is 11.7 Å². The van der Waals surface area contributed by atoms with Crippen molar-refractivity contribution in [3.05, 3.63) is 65.0 Å². The Labute approximate surface area is 129 Å². The molecule has 4 nitrogen and oxygen atoms in total. The molecule has 0 saturated carbocycles. The van der Waals surface area contributed by atoms with E-state index in [0.29, 0.717) is 17.0 Å². The summed E-state index contributed by atoms with van der Waals surface area (Å²) in [7, 11) is 0. The molecule has 4 heteroatoms. The second-order valence-electron chi connectivity index (χ2n) is 5.46. The fourth-order valence-corrected chi connectivity index (χ4v) is 2.78. The van der Waals surface area contributed by atoms with Crippen LogP contribution in [-0.2, 0) is 0 Å². The van der Waals surface area contributed by atoms with Gasteiger partial charge in [-0.15, -0.1) is 0 Å². The summed E-state index contributed by atoms with van der Waals surface area (Å²) in [5.74, 6) is 0.386. The van der Waals surface area contributed by atoms with Crippen LogP contribution >= 0.6 is 0 Å². The molecule has 2 aromatic carbocycles. The smallest absolute Gasteiger partial charge is 0.257 e. The Kier molecular flexibility index (Phi) is 3.67. The van der Waals surface area contributed by atoms with E-state index in [1.54, 1.807) is 13.8 Å². The van der Waals surface area contributed by atoms with Crippen molar-refractivity contribution in [3.63, 3.8) is 0 Å². The predicted octanol–water partition coefficient (Wildman–Crippen LogP) is 3.94. The summed E-state index contributed by atoms with van der Waals surface area (Å²) in [4.78, 5) is 12.5. The first-order valence-electron chi connectivity index (χ1n) is 7.29. The van der Waals surface area contributed by atoms with E-state index in [9.17, 15) is 4.79 Å². The fraction of sp³-hybridized carbons (Fsp3) is 0.222. The first-order valence-corrected chi connectivity index (χ1v) is 7.29. The van der Waals surface area contributed by atoms with E-state index >= 15 is 0 Å². The van der Waals surface area contributed by atoms with E-state index in [1.165, 1.54) is 5.39 Å². The molecule has 1 amide bonds. The van der Waals surface area contributed by atoms with Gasteiger partial charge in [0.2, 0.25) is 0 Å². The minimum Gasteiger partial charge on any atom is -0.361 e. The second-order valence-corrected chi connectivity index (χ2v) is 5.46. The highest BCUT2D eigenvalue weighted by Gasteiger charge is 2.20. The monoisotopic (exact) mass is 294 g/mol. The van der Waals surface area contributed by atoms with E-state index in [-0.39, 0.29) is 11.9 Å². The van der Waals surface area contributed by atoms with Crippen LogP contribution in [0.3, 0.4) is 0 Å². The zero-order valence-corrected chi connectivity index (χ0v) is 12.9. The summed E-state index contributed by atoms with van der Waals surface area (Å²) in [6.45, 7) is 5.50. The SMILES string of the molecule is Cc1noc(C)c1C(=O)N[C@@H](C)c1cccc2ccccc12. The molecule has 22 heavy (non-hydrogen) atoms. The Balaban J connectivity index is 1.91. The normalized spacial score (nSPS) is 12.3. The van der Waals surface area contributed by atoms with E-state index < -0.39 is 0 Å². The summed E-state index contributed by atoms with van der Waals surface area (Å²) < 4.78 is 5.06. The number of nitrogens with zero attached hydrogens (tertiary/aromatic N) is 1. The average Bonchev–Trinajstić information content (AvgIpc) is 2.85. The van der Waals surface area contributed by atoms with Crippen molar-refractivity contribution < 1.29 is 9.32 Å². The maximum Gasteiger partial charge on any atom is 0.257 e. The summed E-state index contributed by atoms with van der Waals surface area (Å²) in [6, 6.07) is 14.2. The minimum absolute atomic E-state index is 0.104. The lowest BCUT2D eigenvalue weighted by atomic mass is 9.99. The molecule has 1 heterocycles. The number of carbonyl (C=O) groups is 1. The molecule has 0 fully saturated rings. The van der Waals surface area contributed by atoms with Crippen molar-refractivity contribution in [2.75, 3.05) is 0 Å². The average molecular weight is 294 g/mol. The quantitative estimate of drug-likeness (QED) is 0.796. The van der Waals surface area contributed by atoms with Crippen LogP contribution in [-0.4, -0.2) is 11.1 Å². The third-order valence-corrected chi connectivity index (χ3v) is 3.90.